The van der Waals surface area contributed by atoms with Crippen LogP contribution >= 0.6 is 12.4 Å². The largest absolute Gasteiger partial charge is 0.496 e. The monoisotopic (exact) mass is 189 g/mol. The number of rotatable bonds is 2. The Hall–Kier alpha value is -0.930. The summed E-state index contributed by atoms with van der Waals surface area (Å²) in [6.07, 6.45) is 0. The Morgan fingerprint density at radius 3 is 2.42 bits per heavy atom. The van der Waals surface area contributed by atoms with Crippen molar-refractivity contribution >= 4 is 12.4 Å². The van der Waals surface area contributed by atoms with Crippen molar-refractivity contribution in [1.29, 1.82) is 0 Å². The van der Waals surface area contributed by atoms with Crippen LogP contribution in [-0.4, -0.2) is 7.11 Å². The highest BCUT2D eigenvalue weighted by atomic mass is 35.5. The van der Waals surface area contributed by atoms with Crippen LogP contribution in [0.15, 0.2) is 18.2 Å². The molecule has 0 heterocycles. The first-order valence-electron chi connectivity index (χ1n) is 3.29. The van der Waals surface area contributed by atoms with Crippen molar-refractivity contribution in [2.45, 2.75) is 6.92 Å². The molecule has 0 atom stereocenters. The molecule has 1 aromatic rings. The second-order valence-electron chi connectivity index (χ2n) is 2.25. The zero-order valence-electron chi connectivity index (χ0n) is 7.03. The van der Waals surface area contributed by atoms with Crippen molar-refractivity contribution in [3.63, 3.8) is 0 Å². The maximum absolute atomic E-state index is 5.05. The molecule has 0 aliphatic carbocycles. The number of hydrogen-bond acceptors (Lipinski definition) is 3. The van der Waals surface area contributed by atoms with Crippen molar-refractivity contribution < 1.29 is 9.57 Å². The summed E-state index contributed by atoms with van der Waals surface area (Å²) in [5.74, 6) is 6.45. The highest BCUT2D eigenvalue weighted by Crippen LogP contribution is 2.21. The normalized spacial score (nSPS) is 8.58. The van der Waals surface area contributed by atoms with Gasteiger partial charge in [0.1, 0.15) is 11.5 Å². The van der Waals surface area contributed by atoms with E-state index in [0.29, 0.717) is 5.75 Å². The summed E-state index contributed by atoms with van der Waals surface area (Å²) < 4.78 is 5.05. The van der Waals surface area contributed by atoms with Gasteiger partial charge in [-0.25, -0.2) is 0 Å². The maximum atomic E-state index is 5.05. The lowest BCUT2D eigenvalue weighted by Crippen LogP contribution is -2.01. The molecule has 0 saturated heterocycles. The molecule has 2 N–H and O–H groups in total. The molecule has 0 radical (unpaired) electrons. The second kappa shape index (κ2) is 4.85. The van der Waals surface area contributed by atoms with E-state index < -0.39 is 0 Å². The van der Waals surface area contributed by atoms with Gasteiger partial charge in [0.25, 0.3) is 0 Å². The minimum Gasteiger partial charge on any atom is -0.496 e. The SMILES string of the molecule is COc1ccc(ON)cc1C.Cl. The van der Waals surface area contributed by atoms with Crippen LogP contribution in [0.1, 0.15) is 5.56 Å². The van der Waals surface area contributed by atoms with Crippen LogP contribution in [0.5, 0.6) is 11.5 Å². The number of ether oxygens (including phenoxy) is 1. The lowest BCUT2D eigenvalue weighted by molar-refractivity contribution is 0.333. The Kier molecular flexibility index (Phi) is 4.47. The molecule has 3 nitrogen and oxygen atoms in total. The van der Waals surface area contributed by atoms with E-state index in [4.69, 9.17) is 10.6 Å². The predicted octanol–water partition coefficient (Wildman–Crippen LogP) is 1.68. The van der Waals surface area contributed by atoms with Gasteiger partial charge in [-0.1, -0.05) is 0 Å². The van der Waals surface area contributed by atoms with Crippen molar-refractivity contribution in [1.82, 2.24) is 0 Å². The van der Waals surface area contributed by atoms with Gasteiger partial charge in [0.05, 0.1) is 7.11 Å². The lowest BCUT2D eigenvalue weighted by atomic mass is 10.2. The predicted molar refractivity (Wildman–Crippen MR) is 49.8 cm³/mol. The number of methoxy groups -OCH3 is 1. The third-order valence-electron chi connectivity index (χ3n) is 1.50. The Morgan fingerprint density at radius 1 is 1.33 bits per heavy atom. The van der Waals surface area contributed by atoms with Crippen LogP contribution in [0, 0.1) is 6.92 Å². The second-order valence-corrected chi connectivity index (χ2v) is 2.25. The van der Waals surface area contributed by atoms with E-state index in [0.717, 1.165) is 11.3 Å². The van der Waals surface area contributed by atoms with Crippen LogP contribution in [-0.2, 0) is 0 Å². The van der Waals surface area contributed by atoms with E-state index in [2.05, 4.69) is 4.84 Å². The molecule has 0 spiro atoms. The van der Waals surface area contributed by atoms with Crippen LogP contribution in [0.4, 0.5) is 0 Å². The molecule has 0 aromatic heterocycles. The summed E-state index contributed by atoms with van der Waals surface area (Å²) in [7, 11) is 1.63. The molecule has 68 valence electrons. The minimum atomic E-state index is 0. The van der Waals surface area contributed by atoms with E-state index in [-0.39, 0.29) is 12.4 Å². The zero-order chi connectivity index (χ0) is 8.27. The van der Waals surface area contributed by atoms with Crippen LogP contribution < -0.4 is 15.5 Å². The molecule has 0 aliphatic heterocycles. The van der Waals surface area contributed by atoms with Gasteiger partial charge in [-0.05, 0) is 30.7 Å². The Balaban J connectivity index is 0.00000121. The number of aryl methyl sites for hydroxylation is 1. The summed E-state index contributed by atoms with van der Waals surface area (Å²) in [5, 5.41) is 0. The number of halogens is 1. The molecule has 0 aliphatic rings. The van der Waals surface area contributed by atoms with Crippen molar-refractivity contribution in [3.05, 3.63) is 23.8 Å². The van der Waals surface area contributed by atoms with Gasteiger partial charge >= 0.3 is 0 Å². The molecular formula is C8H12ClNO2. The van der Waals surface area contributed by atoms with Crippen molar-refractivity contribution in [2.24, 2.45) is 5.90 Å². The topological polar surface area (TPSA) is 44.5 Å². The minimum absolute atomic E-state index is 0. The molecule has 1 rings (SSSR count). The average Bonchev–Trinajstić information content (AvgIpc) is 2.04. The van der Waals surface area contributed by atoms with Crippen molar-refractivity contribution in [3.8, 4) is 11.5 Å². The van der Waals surface area contributed by atoms with Gasteiger partial charge in [-0.2, -0.15) is 5.90 Å². The van der Waals surface area contributed by atoms with Gasteiger partial charge in [-0.3, -0.25) is 0 Å². The molecule has 4 heteroatoms. The average molecular weight is 190 g/mol. The number of hydrogen-bond donors (Lipinski definition) is 1. The molecule has 0 fully saturated rings. The third-order valence-corrected chi connectivity index (χ3v) is 1.50. The standard InChI is InChI=1S/C8H11NO2.ClH/c1-6-5-7(11-9)3-4-8(6)10-2;/h3-5H,9H2,1-2H3;1H. The fourth-order valence-corrected chi connectivity index (χ4v) is 0.924. The highest BCUT2D eigenvalue weighted by Gasteiger charge is 1.98. The molecule has 0 unspecified atom stereocenters. The van der Waals surface area contributed by atoms with E-state index >= 15 is 0 Å². The van der Waals surface area contributed by atoms with Gasteiger partial charge in [0.2, 0.25) is 0 Å². The van der Waals surface area contributed by atoms with Gasteiger partial charge in [0.15, 0.2) is 0 Å². The summed E-state index contributed by atoms with van der Waals surface area (Å²) in [4.78, 5) is 4.54. The van der Waals surface area contributed by atoms with Crippen LogP contribution in [0.25, 0.3) is 0 Å². The Labute approximate surface area is 77.8 Å². The highest BCUT2D eigenvalue weighted by molar-refractivity contribution is 5.85. The van der Waals surface area contributed by atoms with E-state index in [9.17, 15) is 0 Å². The number of benzene rings is 1. The number of nitrogens with two attached hydrogens (primary N) is 1. The molecule has 12 heavy (non-hydrogen) atoms. The summed E-state index contributed by atoms with van der Waals surface area (Å²) in [5.41, 5.74) is 1.01. The van der Waals surface area contributed by atoms with E-state index in [1.807, 2.05) is 19.1 Å². The Bertz CT molecular complexity index is 253. The van der Waals surface area contributed by atoms with E-state index in [1.165, 1.54) is 0 Å². The van der Waals surface area contributed by atoms with E-state index in [1.54, 1.807) is 13.2 Å². The fraction of sp³-hybridized carbons (Fsp3) is 0.250. The lowest BCUT2D eigenvalue weighted by Gasteiger charge is -2.04. The summed E-state index contributed by atoms with van der Waals surface area (Å²) >= 11 is 0. The van der Waals surface area contributed by atoms with Crippen LogP contribution in [0.2, 0.25) is 0 Å². The molecule has 0 saturated carbocycles. The summed E-state index contributed by atoms with van der Waals surface area (Å²) in [6.45, 7) is 1.93. The first-order chi connectivity index (χ1) is 5.27. The Morgan fingerprint density at radius 2 is 2.00 bits per heavy atom. The van der Waals surface area contributed by atoms with Gasteiger partial charge in [-0.15, -0.1) is 12.4 Å². The third kappa shape index (κ3) is 2.29. The quantitative estimate of drug-likeness (QED) is 0.720. The van der Waals surface area contributed by atoms with Crippen molar-refractivity contribution in [2.75, 3.05) is 7.11 Å². The molecule has 0 bridgehead atoms. The van der Waals surface area contributed by atoms with Gasteiger partial charge in [0, 0.05) is 0 Å². The maximum Gasteiger partial charge on any atom is 0.147 e. The smallest absolute Gasteiger partial charge is 0.147 e. The molecular weight excluding hydrogens is 178 g/mol. The summed E-state index contributed by atoms with van der Waals surface area (Å²) in [6, 6.07) is 5.39. The molecule has 1 aromatic carbocycles. The first kappa shape index (κ1) is 11.1. The van der Waals surface area contributed by atoms with Gasteiger partial charge < -0.3 is 9.57 Å². The molecule has 0 amide bonds. The first-order valence-corrected chi connectivity index (χ1v) is 3.29. The fourth-order valence-electron chi connectivity index (χ4n) is 0.924. The zero-order valence-corrected chi connectivity index (χ0v) is 7.85. The van der Waals surface area contributed by atoms with Crippen LogP contribution in [0.3, 0.4) is 0 Å².